The summed E-state index contributed by atoms with van der Waals surface area (Å²) in [6.45, 7) is 0.822. The Bertz CT molecular complexity index is 403. The van der Waals surface area contributed by atoms with Crippen LogP contribution in [0.2, 0.25) is 0 Å². The van der Waals surface area contributed by atoms with Gasteiger partial charge in [-0.05, 0) is 32.9 Å². The van der Waals surface area contributed by atoms with Crippen LogP contribution in [0.25, 0.3) is 0 Å². The quantitative estimate of drug-likeness (QED) is 0.171. The van der Waals surface area contributed by atoms with Gasteiger partial charge in [-0.2, -0.15) is 0 Å². The number of aliphatic carboxylic acids is 2. The standard InChI is InChI=1S/C13H23N3O7/c1-14-7-3-2-4-9(12(20)21)15-13(22)16-10(23-8-17)5-6-11(18)19/h8-10,14H,2-7H2,1H3,(H,18,19)(H,20,21)(H2,15,16,22)/t9-,10+/m0/s1. The van der Waals surface area contributed by atoms with Crippen molar-refractivity contribution in [3.8, 4) is 0 Å². The lowest BCUT2D eigenvalue weighted by molar-refractivity contribution is -0.141. The van der Waals surface area contributed by atoms with Gasteiger partial charge in [0.2, 0.25) is 0 Å². The first-order chi connectivity index (χ1) is 10.9. The van der Waals surface area contributed by atoms with Crippen molar-refractivity contribution in [1.82, 2.24) is 16.0 Å². The predicted octanol–water partition coefficient (Wildman–Crippen LogP) is -0.508. The van der Waals surface area contributed by atoms with E-state index in [1.54, 1.807) is 7.05 Å². The summed E-state index contributed by atoms with van der Waals surface area (Å²) in [5.41, 5.74) is 0. The van der Waals surface area contributed by atoms with Crippen LogP contribution in [-0.4, -0.2) is 60.5 Å². The van der Waals surface area contributed by atoms with E-state index < -0.39 is 30.2 Å². The highest BCUT2D eigenvalue weighted by molar-refractivity contribution is 5.82. The van der Waals surface area contributed by atoms with Gasteiger partial charge in [-0.15, -0.1) is 0 Å². The molecule has 0 radical (unpaired) electrons. The molecule has 0 heterocycles. The van der Waals surface area contributed by atoms with Gasteiger partial charge in [0.05, 0.1) is 6.42 Å². The van der Waals surface area contributed by atoms with Crippen LogP contribution >= 0.6 is 0 Å². The molecule has 0 rings (SSSR count). The molecule has 5 N–H and O–H groups in total. The Morgan fingerprint density at radius 1 is 1.13 bits per heavy atom. The second-order valence-electron chi connectivity index (χ2n) is 4.76. The first kappa shape index (κ1) is 20.6. The molecule has 2 amide bonds. The lowest BCUT2D eigenvalue weighted by Gasteiger charge is -2.19. The van der Waals surface area contributed by atoms with Crippen molar-refractivity contribution in [2.45, 2.75) is 44.4 Å². The molecule has 0 bridgehead atoms. The lowest BCUT2D eigenvalue weighted by Crippen LogP contribution is -2.49. The number of unbranched alkanes of at least 4 members (excludes halogenated alkanes) is 1. The molecule has 10 nitrogen and oxygen atoms in total. The van der Waals surface area contributed by atoms with Gasteiger partial charge < -0.3 is 30.9 Å². The molecule has 0 fully saturated rings. The van der Waals surface area contributed by atoms with E-state index in [9.17, 15) is 19.2 Å². The smallest absolute Gasteiger partial charge is 0.326 e. The summed E-state index contributed by atoms with van der Waals surface area (Å²) in [4.78, 5) is 43.6. The maximum absolute atomic E-state index is 11.7. The predicted molar refractivity (Wildman–Crippen MR) is 78.7 cm³/mol. The second kappa shape index (κ2) is 12.2. The number of rotatable bonds is 13. The van der Waals surface area contributed by atoms with Gasteiger partial charge >= 0.3 is 18.0 Å². The molecule has 0 saturated carbocycles. The normalized spacial score (nSPS) is 12.7. The molecule has 2 atom stereocenters. The van der Waals surface area contributed by atoms with E-state index in [1.165, 1.54) is 0 Å². The van der Waals surface area contributed by atoms with E-state index in [4.69, 9.17) is 10.2 Å². The van der Waals surface area contributed by atoms with Crippen LogP contribution in [0.5, 0.6) is 0 Å². The highest BCUT2D eigenvalue weighted by Gasteiger charge is 2.21. The first-order valence-corrected chi connectivity index (χ1v) is 7.16. The van der Waals surface area contributed by atoms with Crippen LogP contribution in [-0.2, 0) is 19.1 Å². The molecule has 0 aliphatic heterocycles. The first-order valence-electron chi connectivity index (χ1n) is 7.16. The zero-order valence-corrected chi connectivity index (χ0v) is 12.9. The Labute approximate surface area is 133 Å². The van der Waals surface area contributed by atoms with Crippen molar-refractivity contribution in [2.75, 3.05) is 13.6 Å². The highest BCUT2D eigenvalue weighted by atomic mass is 16.5. The maximum Gasteiger partial charge on any atom is 0.326 e. The minimum Gasteiger partial charge on any atom is -0.481 e. The molecule has 0 aliphatic carbocycles. The number of carboxylic acids is 2. The molecular weight excluding hydrogens is 310 g/mol. The third-order valence-electron chi connectivity index (χ3n) is 2.91. The molecule has 0 aromatic carbocycles. The minimum absolute atomic E-state index is 0.0826. The molecule has 10 heteroatoms. The molecule has 0 saturated heterocycles. The lowest BCUT2D eigenvalue weighted by atomic mass is 10.1. The topological polar surface area (TPSA) is 154 Å². The van der Waals surface area contributed by atoms with E-state index in [0.29, 0.717) is 6.42 Å². The summed E-state index contributed by atoms with van der Waals surface area (Å²) >= 11 is 0. The van der Waals surface area contributed by atoms with E-state index in [1.807, 2.05) is 0 Å². The molecule has 132 valence electrons. The fourth-order valence-corrected chi connectivity index (χ4v) is 1.75. The number of hydrogen-bond acceptors (Lipinski definition) is 6. The number of nitrogens with one attached hydrogen (secondary N) is 3. The third kappa shape index (κ3) is 10.9. The molecule has 23 heavy (non-hydrogen) atoms. The van der Waals surface area contributed by atoms with Crippen LogP contribution in [0.4, 0.5) is 4.79 Å². The molecule has 0 unspecified atom stereocenters. The average molecular weight is 333 g/mol. The maximum atomic E-state index is 11.7. The summed E-state index contributed by atoms with van der Waals surface area (Å²) in [6.07, 6.45) is 0.0396. The monoisotopic (exact) mass is 333 g/mol. The van der Waals surface area contributed by atoms with Gasteiger partial charge in [0, 0.05) is 6.42 Å². The van der Waals surface area contributed by atoms with Crippen molar-refractivity contribution in [3.63, 3.8) is 0 Å². The minimum atomic E-state index is -1.18. The van der Waals surface area contributed by atoms with Crippen LogP contribution < -0.4 is 16.0 Å². The Morgan fingerprint density at radius 2 is 1.83 bits per heavy atom. The van der Waals surface area contributed by atoms with E-state index >= 15 is 0 Å². The van der Waals surface area contributed by atoms with Gasteiger partial charge in [-0.1, -0.05) is 0 Å². The van der Waals surface area contributed by atoms with Gasteiger partial charge in [0.25, 0.3) is 6.47 Å². The second-order valence-corrected chi connectivity index (χ2v) is 4.76. The number of urea groups is 1. The number of amides is 2. The van der Waals surface area contributed by atoms with Crippen molar-refractivity contribution < 1.29 is 34.1 Å². The summed E-state index contributed by atoms with van der Waals surface area (Å²) in [5, 5.41) is 25.0. The van der Waals surface area contributed by atoms with Crippen LogP contribution in [0, 0.1) is 0 Å². The van der Waals surface area contributed by atoms with Gasteiger partial charge in [-0.3, -0.25) is 9.59 Å². The molecular formula is C13H23N3O7. The van der Waals surface area contributed by atoms with E-state index in [2.05, 4.69) is 20.7 Å². The summed E-state index contributed by atoms with van der Waals surface area (Å²) in [6, 6.07) is -1.92. The average Bonchev–Trinajstić information content (AvgIpc) is 2.47. The largest absolute Gasteiger partial charge is 0.481 e. The van der Waals surface area contributed by atoms with Crippen molar-refractivity contribution in [2.24, 2.45) is 0 Å². The number of carbonyl (C=O) groups is 4. The van der Waals surface area contributed by atoms with Crippen molar-refractivity contribution in [1.29, 1.82) is 0 Å². The summed E-state index contributed by atoms with van der Waals surface area (Å²) in [7, 11) is 1.78. The molecule has 0 aliphatic rings. The van der Waals surface area contributed by atoms with Crippen LogP contribution in [0.3, 0.4) is 0 Å². The van der Waals surface area contributed by atoms with Gasteiger partial charge in [-0.25, -0.2) is 9.59 Å². The Balaban J connectivity index is 4.37. The Morgan fingerprint density at radius 3 is 2.35 bits per heavy atom. The highest BCUT2D eigenvalue weighted by Crippen LogP contribution is 2.02. The Kier molecular flexibility index (Phi) is 11.0. The van der Waals surface area contributed by atoms with E-state index in [-0.39, 0.29) is 25.7 Å². The third-order valence-corrected chi connectivity index (χ3v) is 2.91. The number of hydrogen-bond donors (Lipinski definition) is 5. The number of carbonyl (C=O) groups excluding carboxylic acids is 2. The van der Waals surface area contributed by atoms with Gasteiger partial charge in [0.15, 0.2) is 6.23 Å². The molecule has 0 aromatic heterocycles. The van der Waals surface area contributed by atoms with Crippen molar-refractivity contribution >= 4 is 24.4 Å². The molecule has 0 aromatic rings. The van der Waals surface area contributed by atoms with Crippen LogP contribution in [0.1, 0.15) is 32.1 Å². The SMILES string of the molecule is CNCCCC[C@H](NC(=O)N[C@@H](CCC(=O)O)OC=O)C(=O)O. The Hall–Kier alpha value is -2.36. The van der Waals surface area contributed by atoms with Crippen molar-refractivity contribution in [3.05, 3.63) is 0 Å². The van der Waals surface area contributed by atoms with Gasteiger partial charge in [0.1, 0.15) is 6.04 Å². The number of ether oxygens (including phenoxy) is 1. The van der Waals surface area contributed by atoms with Crippen LogP contribution in [0.15, 0.2) is 0 Å². The number of carboxylic acid groups (broad SMARTS) is 2. The molecule has 0 spiro atoms. The van der Waals surface area contributed by atoms with E-state index in [0.717, 1.165) is 13.0 Å². The zero-order valence-electron chi connectivity index (χ0n) is 12.9. The fraction of sp³-hybridized carbons (Fsp3) is 0.692. The summed E-state index contributed by atoms with van der Waals surface area (Å²) < 4.78 is 4.55. The zero-order chi connectivity index (χ0) is 17.7. The summed E-state index contributed by atoms with van der Waals surface area (Å²) in [5.74, 6) is -2.29. The fourth-order valence-electron chi connectivity index (χ4n) is 1.75.